The highest BCUT2D eigenvalue weighted by Gasteiger charge is 2.38. The lowest BCUT2D eigenvalue weighted by atomic mass is 9.87. The third kappa shape index (κ3) is 3.60. The molecule has 0 amide bonds. The molecule has 2 aromatic rings. The van der Waals surface area contributed by atoms with E-state index in [1.807, 2.05) is 0 Å². The van der Waals surface area contributed by atoms with Gasteiger partial charge in [-0.1, -0.05) is 18.9 Å². The van der Waals surface area contributed by atoms with Crippen LogP contribution in [0.3, 0.4) is 0 Å². The molecule has 5 nitrogen and oxygen atoms in total. The Hall–Kier alpha value is -1.77. The van der Waals surface area contributed by atoms with Crippen molar-refractivity contribution in [2.45, 2.75) is 55.7 Å². The van der Waals surface area contributed by atoms with Crippen molar-refractivity contribution in [2.24, 2.45) is 0 Å². The van der Waals surface area contributed by atoms with Gasteiger partial charge in [0.1, 0.15) is 17.4 Å². The number of nitrogens with one attached hydrogen (secondary N) is 1. The summed E-state index contributed by atoms with van der Waals surface area (Å²) in [4.78, 5) is 0. The number of hydrogen-bond acceptors (Lipinski definition) is 4. The minimum atomic E-state index is -3.60. The zero-order valence-electron chi connectivity index (χ0n) is 15.6. The molecule has 0 unspecified atom stereocenters. The lowest BCUT2D eigenvalue weighted by molar-refractivity contribution is 0.299. The van der Waals surface area contributed by atoms with Crippen LogP contribution in [0.2, 0.25) is 0 Å². The van der Waals surface area contributed by atoms with E-state index in [-0.39, 0.29) is 11.6 Å². The van der Waals surface area contributed by atoms with E-state index in [2.05, 4.69) is 5.32 Å². The van der Waals surface area contributed by atoms with Crippen molar-refractivity contribution in [1.29, 1.82) is 0 Å². The summed E-state index contributed by atoms with van der Waals surface area (Å²) in [6.45, 7) is 1.31. The van der Waals surface area contributed by atoms with Gasteiger partial charge in [-0.05, 0) is 43.9 Å². The summed E-state index contributed by atoms with van der Waals surface area (Å²) >= 11 is 0. The lowest BCUT2D eigenvalue weighted by Gasteiger charge is -2.31. The minimum absolute atomic E-state index is 0.0559. The van der Waals surface area contributed by atoms with Crippen LogP contribution < -0.4 is 5.32 Å². The van der Waals surface area contributed by atoms with E-state index < -0.39 is 27.2 Å². The predicted octanol–water partition coefficient (Wildman–Crippen LogP) is 3.90. The number of hydrogen-bond donors (Lipinski definition) is 1. The van der Waals surface area contributed by atoms with E-state index in [0.29, 0.717) is 24.4 Å². The van der Waals surface area contributed by atoms with Gasteiger partial charge in [0.2, 0.25) is 5.09 Å². The molecule has 1 aliphatic carbocycles. The van der Waals surface area contributed by atoms with Crippen molar-refractivity contribution in [3.63, 3.8) is 0 Å². The molecule has 2 fully saturated rings. The third-order valence-electron chi connectivity index (χ3n) is 5.80. The van der Waals surface area contributed by atoms with Crippen LogP contribution in [0.25, 0.3) is 0 Å². The number of benzene rings is 1. The lowest BCUT2D eigenvalue weighted by Crippen LogP contribution is -2.40. The van der Waals surface area contributed by atoms with Gasteiger partial charge in [-0.25, -0.2) is 17.2 Å². The number of furan rings is 1. The van der Waals surface area contributed by atoms with Crippen LogP contribution in [-0.4, -0.2) is 25.8 Å². The van der Waals surface area contributed by atoms with Crippen molar-refractivity contribution in [3.05, 3.63) is 53.3 Å². The number of halogens is 2. The Labute approximate surface area is 163 Å². The van der Waals surface area contributed by atoms with Gasteiger partial charge in [0.15, 0.2) is 0 Å². The number of sulfonamides is 1. The second kappa shape index (κ2) is 7.57. The normalized spacial score (nSPS) is 20.1. The van der Waals surface area contributed by atoms with Crippen LogP contribution >= 0.6 is 0 Å². The topological polar surface area (TPSA) is 62.6 Å². The zero-order chi connectivity index (χ0) is 19.8. The first-order chi connectivity index (χ1) is 13.4. The Bertz CT molecular complexity index is 946. The van der Waals surface area contributed by atoms with Crippen LogP contribution in [0.5, 0.6) is 0 Å². The van der Waals surface area contributed by atoms with Crippen molar-refractivity contribution < 1.29 is 21.6 Å². The molecule has 0 bridgehead atoms. The van der Waals surface area contributed by atoms with Crippen molar-refractivity contribution in [2.75, 3.05) is 13.1 Å². The van der Waals surface area contributed by atoms with Gasteiger partial charge in [-0.3, -0.25) is 0 Å². The fourth-order valence-corrected chi connectivity index (χ4v) is 5.75. The van der Waals surface area contributed by atoms with Crippen LogP contribution in [0, 0.1) is 11.6 Å². The van der Waals surface area contributed by atoms with Gasteiger partial charge in [0.25, 0.3) is 10.0 Å². The zero-order valence-corrected chi connectivity index (χ0v) is 16.4. The Balaban J connectivity index is 1.52. The van der Waals surface area contributed by atoms with E-state index in [9.17, 15) is 17.2 Å². The van der Waals surface area contributed by atoms with Gasteiger partial charge in [-0.15, -0.1) is 0 Å². The first-order valence-corrected chi connectivity index (χ1v) is 11.1. The van der Waals surface area contributed by atoms with Gasteiger partial charge in [-0.2, -0.15) is 4.31 Å². The molecule has 152 valence electrons. The molecule has 2 aliphatic rings. The second-order valence-corrected chi connectivity index (χ2v) is 9.47. The molecule has 1 saturated heterocycles. The molecule has 0 radical (unpaired) electrons. The summed E-state index contributed by atoms with van der Waals surface area (Å²) in [5.41, 5.74) is -0.152. The summed E-state index contributed by atoms with van der Waals surface area (Å²) in [7, 11) is -3.60. The standard InChI is InChI=1S/C20H24F2N2O3S/c21-15-5-7-17(18(22)13-15)20(9-1-2-10-20)23-14-16-6-8-19(27-16)28(25,26)24-11-3-4-12-24/h5-8,13,23H,1-4,9-12,14H2. The maximum absolute atomic E-state index is 14.4. The quantitative estimate of drug-likeness (QED) is 0.785. The summed E-state index contributed by atoms with van der Waals surface area (Å²) < 4.78 is 60.0. The third-order valence-corrected chi connectivity index (χ3v) is 7.57. The van der Waals surface area contributed by atoms with E-state index >= 15 is 0 Å². The molecule has 1 aromatic carbocycles. The largest absolute Gasteiger partial charge is 0.447 e. The fourth-order valence-electron chi connectivity index (χ4n) is 4.30. The van der Waals surface area contributed by atoms with Crippen LogP contribution in [0.15, 0.2) is 39.8 Å². The van der Waals surface area contributed by atoms with E-state index in [4.69, 9.17) is 4.42 Å². The minimum Gasteiger partial charge on any atom is -0.447 e. The Morgan fingerprint density at radius 1 is 1.04 bits per heavy atom. The molecule has 1 aromatic heterocycles. The van der Waals surface area contributed by atoms with Gasteiger partial charge in [0.05, 0.1) is 6.54 Å². The van der Waals surface area contributed by atoms with Crippen LogP contribution in [0.4, 0.5) is 8.78 Å². The first kappa shape index (κ1) is 19.5. The van der Waals surface area contributed by atoms with Crippen molar-refractivity contribution >= 4 is 10.0 Å². The molecule has 0 spiro atoms. The van der Waals surface area contributed by atoms with E-state index in [0.717, 1.165) is 44.6 Å². The monoisotopic (exact) mass is 410 g/mol. The first-order valence-electron chi connectivity index (χ1n) is 9.70. The molecule has 0 atom stereocenters. The summed E-state index contributed by atoms with van der Waals surface area (Å²) in [6, 6.07) is 6.79. The maximum atomic E-state index is 14.4. The summed E-state index contributed by atoms with van der Waals surface area (Å²) in [5, 5.41) is 3.30. The molecule has 8 heteroatoms. The summed E-state index contributed by atoms with van der Waals surface area (Å²) in [5.74, 6) is -0.685. The highest BCUT2D eigenvalue weighted by atomic mass is 32.2. The molecule has 1 saturated carbocycles. The van der Waals surface area contributed by atoms with Gasteiger partial charge >= 0.3 is 0 Å². The highest BCUT2D eigenvalue weighted by Crippen LogP contribution is 2.40. The highest BCUT2D eigenvalue weighted by molar-refractivity contribution is 7.89. The smallest absolute Gasteiger partial charge is 0.276 e. The molecule has 1 N–H and O–H groups in total. The average Bonchev–Trinajstić information content (AvgIpc) is 3.41. The summed E-state index contributed by atoms with van der Waals surface area (Å²) in [6.07, 6.45) is 5.07. The van der Waals surface area contributed by atoms with Crippen molar-refractivity contribution in [3.8, 4) is 0 Å². The predicted molar refractivity (Wildman–Crippen MR) is 100 cm³/mol. The van der Waals surface area contributed by atoms with Crippen LogP contribution in [-0.2, 0) is 22.1 Å². The van der Waals surface area contributed by atoms with Gasteiger partial charge in [0, 0.05) is 30.3 Å². The maximum Gasteiger partial charge on any atom is 0.276 e. The molecule has 1 aliphatic heterocycles. The van der Waals surface area contributed by atoms with E-state index in [1.54, 1.807) is 6.07 Å². The molecular formula is C20H24F2N2O3S. The Morgan fingerprint density at radius 2 is 1.75 bits per heavy atom. The molecular weight excluding hydrogens is 386 g/mol. The fraction of sp³-hybridized carbons (Fsp3) is 0.500. The molecule has 4 rings (SSSR count). The van der Waals surface area contributed by atoms with Gasteiger partial charge < -0.3 is 9.73 Å². The second-order valence-electron chi connectivity index (χ2n) is 7.60. The number of nitrogens with zero attached hydrogens (tertiary/aromatic N) is 1. The van der Waals surface area contributed by atoms with Crippen LogP contribution in [0.1, 0.15) is 49.8 Å². The average molecular weight is 410 g/mol. The SMILES string of the molecule is O=S(=O)(c1ccc(CNC2(c3ccc(F)cc3F)CCCC2)o1)N1CCCC1. The van der Waals surface area contributed by atoms with Crippen molar-refractivity contribution in [1.82, 2.24) is 9.62 Å². The Morgan fingerprint density at radius 3 is 2.43 bits per heavy atom. The number of rotatable bonds is 6. The van der Waals surface area contributed by atoms with E-state index in [1.165, 1.54) is 22.5 Å². The molecule has 2 heterocycles. The Kier molecular flexibility index (Phi) is 5.28. The molecule has 28 heavy (non-hydrogen) atoms.